The molecule has 15 heavy (non-hydrogen) atoms. The lowest BCUT2D eigenvalue weighted by Gasteiger charge is -2.37. The van der Waals surface area contributed by atoms with Crippen molar-refractivity contribution >= 4 is 0 Å². The molecule has 1 atom stereocenters. The highest BCUT2D eigenvalue weighted by Gasteiger charge is 2.35. The van der Waals surface area contributed by atoms with Gasteiger partial charge in [0.25, 0.3) is 0 Å². The number of likely N-dealkylation sites (tertiary alicyclic amines) is 1. The molecule has 2 rings (SSSR count). The van der Waals surface area contributed by atoms with E-state index in [0.717, 1.165) is 18.4 Å². The van der Waals surface area contributed by atoms with E-state index >= 15 is 0 Å². The van der Waals surface area contributed by atoms with Crippen molar-refractivity contribution in [3.63, 3.8) is 0 Å². The summed E-state index contributed by atoms with van der Waals surface area (Å²) in [5, 5.41) is 0. The summed E-state index contributed by atoms with van der Waals surface area (Å²) in [7, 11) is 0. The largest absolute Gasteiger partial charge is 0.329 e. The van der Waals surface area contributed by atoms with Crippen molar-refractivity contribution in [2.24, 2.45) is 17.6 Å². The Balaban J connectivity index is 1.76. The maximum absolute atomic E-state index is 5.90. The molecule has 0 aromatic heterocycles. The summed E-state index contributed by atoms with van der Waals surface area (Å²) in [6.07, 6.45) is 8.47. The number of hydrogen-bond acceptors (Lipinski definition) is 2. The summed E-state index contributed by atoms with van der Waals surface area (Å²) in [6.45, 7) is 5.80. The van der Waals surface area contributed by atoms with Crippen molar-refractivity contribution in [2.45, 2.75) is 51.5 Å². The Bertz CT molecular complexity index is 181. The first kappa shape index (κ1) is 11.4. The van der Waals surface area contributed by atoms with E-state index in [9.17, 15) is 0 Å². The van der Waals surface area contributed by atoms with Crippen LogP contribution in [-0.4, -0.2) is 30.6 Å². The smallest absolute Gasteiger partial charge is 0.0246 e. The number of piperidine rings is 1. The van der Waals surface area contributed by atoms with Crippen molar-refractivity contribution in [1.29, 1.82) is 0 Å². The molecular weight excluding hydrogens is 184 g/mol. The third-order valence-corrected chi connectivity index (χ3v) is 4.22. The van der Waals surface area contributed by atoms with Gasteiger partial charge < -0.3 is 5.73 Å². The van der Waals surface area contributed by atoms with Crippen LogP contribution >= 0.6 is 0 Å². The minimum Gasteiger partial charge on any atom is -0.329 e. The van der Waals surface area contributed by atoms with Crippen molar-refractivity contribution in [3.8, 4) is 0 Å². The average molecular weight is 210 g/mol. The molecule has 2 fully saturated rings. The fraction of sp³-hybridized carbons (Fsp3) is 1.00. The van der Waals surface area contributed by atoms with Gasteiger partial charge in [0.05, 0.1) is 0 Å². The zero-order chi connectivity index (χ0) is 10.7. The normalized spacial score (nSPS) is 26.8. The highest BCUT2D eigenvalue weighted by atomic mass is 15.2. The van der Waals surface area contributed by atoms with E-state index in [2.05, 4.69) is 11.8 Å². The lowest BCUT2D eigenvalue weighted by atomic mass is 9.91. The molecule has 0 aromatic carbocycles. The molecule has 2 aliphatic rings. The van der Waals surface area contributed by atoms with Crippen LogP contribution in [0, 0.1) is 11.8 Å². The fourth-order valence-corrected chi connectivity index (χ4v) is 3.10. The zero-order valence-corrected chi connectivity index (χ0v) is 10.1. The molecule has 0 amide bonds. The van der Waals surface area contributed by atoms with Gasteiger partial charge in [-0.3, -0.25) is 4.90 Å². The fourth-order valence-electron chi connectivity index (χ4n) is 3.10. The Morgan fingerprint density at radius 2 is 1.87 bits per heavy atom. The van der Waals surface area contributed by atoms with Crippen LogP contribution in [0.15, 0.2) is 0 Å². The van der Waals surface area contributed by atoms with Gasteiger partial charge in [-0.1, -0.05) is 19.8 Å². The molecule has 0 radical (unpaired) electrons. The molecule has 0 aromatic rings. The first-order valence-electron chi connectivity index (χ1n) is 6.79. The molecular formula is C13H26N2. The third-order valence-electron chi connectivity index (χ3n) is 4.22. The summed E-state index contributed by atoms with van der Waals surface area (Å²) in [5.74, 6) is 1.95. The second-order valence-corrected chi connectivity index (χ2v) is 5.41. The summed E-state index contributed by atoms with van der Waals surface area (Å²) in [6, 6.07) is 0.715. The molecule has 1 saturated carbocycles. The first-order valence-corrected chi connectivity index (χ1v) is 6.79. The molecule has 2 N–H and O–H groups in total. The van der Waals surface area contributed by atoms with Crippen LogP contribution in [0.1, 0.15) is 45.4 Å². The van der Waals surface area contributed by atoms with Crippen molar-refractivity contribution in [2.75, 3.05) is 19.6 Å². The monoisotopic (exact) mass is 210 g/mol. The Kier molecular flexibility index (Phi) is 4.04. The Morgan fingerprint density at radius 1 is 1.20 bits per heavy atom. The average Bonchev–Trinajstić information content (AvgIpc) is 3.06. The molecule has 2 nitrogen and oxygen atoms in total. The van der Waals surface area contributed by atoms with Gasteiger partial charge in [-0.05, 0) is 50.6 Å². The van der Waals surface area contributed by atoms with Crippen molar-refractivity contribution in [1.82, 2.24) is 4.90 Å². The molecule has 0 bridgehead atoms. The number of nitrogens with two attached hydrogens (primary N) is 1. The SMILES string of the molecule is CCCC1CCN(C(CN)C2CC2)CC1. The van der Waals surface area contributed by atoms with E-state index in [1.807, 2.05) is 0 Å². The van der Waals surface area contributed by atoms with E-state index in [1.54, 1.807) is 0 Å². The van der Waals surface area contributed by atoms with E-state index in [0.29, 0.717) is 6.04 Å². The molecule has 1 heterocycles. The van der Waals surface area contributed by atoms with Gasteiger partial charge >= 0.3 is 0 Å². The maximum Gasteiger partial charge on any atom is 0.0246 e. The highest BCUT2D eigenvalue weighted by Crippen LogP contribution is 2.36. The summed E-state index contributed by atoms with van der Waals surface area (Å²) in [4.78, 5) is 2.67. The highest BCUT2D eigenvalue weighted by molar-refractivity contribution is 4.90. The standard InChI is InChI=1S/C13H26N2/c1-2-3-11-6-8-15(9-7-11)13(10-14)12-4-5-12/h11-13H,2-10,14H2,1H3. The van der Waals surface area contributed by atoms with E-state index in [1.165, 1.54) is 51.6 Å². The van der Waals surface area contributed by atoms with Gasteiger partial charge in [0.15, 0.2) is 0 Å². The quantitative estimate of drug-likeness (QED) is 0.754. The number of rotatable bonds is 5. The lowest BCUT2D eigenvalue weighted by molar-refractivity contribution is 0.119. The Hall–Kier alpha value is -0.0800. The molecule has 1 unspecified atom stereocenters. The number of hydrogen-bond donors (Lipinski definition) is 1. The molecule has 2 heteroatoms. The van der Waals surface area contributed by atoms with Crippen LogP contribution in [0.3, 0.4) is 0 Å². The maximum atomic E-state index is 5.90. The van der Waals surface area contributed by atoms with Gasteiger partial charge in [0.2, 0.25) is 0 Å². The third kappa shape index (κ3) is 2.94. The second kappa shape index (κ2) is 5.31. The Labute approximate surface area is 94.2 Å². The van der Waals surface area contributed by atoms with Gasteiger partial charge in [-0.2, -0.15) is 0 Å². The Morgan fingerprint density at radius 3 is 2.33 bits per heavy atom. The van der Waals surface area contributed by atoms with Gasteiger partial charge in [-0.25, -0.2) is 0 Å². The molecule has 1 aliphatic heterocycles. The van der Waals surface area contributed by atoms with Crippen molar-refractivity contribution < 1.29 is 0 Å². The zero-order valence-electron chi connectivity index (χ0n) is 10.1. The topological polar surface area (TPSA) is 29.3 Å². The first-order chi connectivity index (χ1) is 7.35. The molecule has 88 valence electrons. The predicted octanol–water partition coefficient (Wildman–Crippen LogP) is 2.24. The van der Waals surface area contributed by atoms with Crippen LogP contribution in [0.2, 0.25) is 0 Å². The minimum atomic E-state index is 0.715. The lowest BCUT2D eigenvalue weighted by Crippen LogP contribution is -2.46. The van der Waals surface area contributed by atoms with Gasteiger partial charge in [0, 0.05) is 12.6 Å². The van der Waals surface area contributed by atoms with Gasteiger partial charge in [0.1, 0.15) is 0 Å². The van der Waals surface area contributed by atoms with E-state index in [4.69, 9.17) is 5.73 Å². The summed E-state index contributed by atoms with van der Waals surface area (Å²) >= 11 is 0. The van der Waals surface area contributed by atoms with Crippen LogP contribution in [-0.2, 0) is 0 Å². The van der Waals surface area contributed by atoms with E-state index in [-0.39, 0.29) is 0 Å². The summed E-state index contributed by atoms with van der Waals surface area (Å²) < 4.78 is 0. The molecule has 0 spiro atoms. The summed E-state index contributed by atoms with van der Waals surface area (Å²) in [5.41, 5.74) is 5.90. The van der Waals surface area contributed by atoms with Crippen LogP contribution < -0.4 is 5.73 Å². The molecule has 1 saturated heterocycles. The van der Waals surface area contributed by atoms with E-state index < -0.39 is 0 Å². The predicted molar refractivity (Wildman–Crippen MR) is 64.8 cm³/mol. The van der Waals surface area contributed by atoms with Crippen LogP contribution in [0.25, 0.3) is 0 Å². The van der Waals surface area contributed by atoms with Crippen molar-refractivity contribution in [3.05, 3.63) is 0 Å². The van der Waals surface area contributed by atoms with Crippen LogP contribution in [0.4, 0.5) is 0 Å². The minimum absolute atomic E-state index is 0.715. The molecule has 1 aliphatic carbocycles. The van der Waals surface area contributed by atoms with Gasteiger partial charge in [-0.15, -0.1) is 0 Å². The van der Waals surface area contributed by atoms with Crippen LogP contribution in [0.5, 0.6) is 0 Å². The second-order valence-electron chi connectivity index (χ2n) is 5.41. The number of nitrogens with zero attached hydrogens (tertiary/aromatic N) is 1.